The van der Waals surface area contributed by atoms with Crippen LogP contribution in [0.4, 0.5) is 4.39 Å². The standard InChI is InChI=1S/C10H9BrFN/c1-6(5-13)10-7(2)8(11)3-4-9(10)12/h3-4,6H,1-2H3. The summed E-state index contributed by atoms with van der Waals surface area (Å²) in [5, 5.41) is 8.70. The molecule has 68 valence electrons. The van der Waals surface area contributed by atoms with Gasteiger partial charge in [-0.05, 0) is 31.5 Å². The first-order valence-electron chi connectivity index (χ1n) is 3.92. The predicted octanol–water partition coefficient (Wildman–Crippen LogP) is 3.52. The summed E-state index contributed by atoms with van der Waals surface area (Å²) in [6.07, 6.45) is 0. The number of nitriles is 1. The van der Waals surface area contributed by atoms with Crippen LogP contribution in [0.2, 0.25) is 0 Å². The van der Waals surface area contributed by atoms with E-state index in [1.165, 1.54) is 6.07 Å². The van der Waals surface area contributed by atoms with E-state index in [1.807, 2.05) is 6.07 Å². The van der Waals surface area contributed by atoms with Gasteiger partial charge in [-0.1, -0.05) is 15.9 Å². The van der Waals surface area contributed by atoms with Crippen molar-refractivity contribution in [1.29, 1.82) is 5.26 Å². The maximum Gasteiger partial charge on any atom is 0.128 e. The minimum Gasteiger partial charge on any atom is -0.207 e. The molecule has 0 radical (unpaired) electrons. The molecular weight excluding hydrogens is 233 g/mol. The highest BCUT2D eigenvalue weighted by Crippen LogP contribution is 2.27. The highest BCUT2D eigenvalue weighted by atomic mass is 79.9. The first-order valence-corrected chi connectivity index (χ1v) is 4.71. The quantitative estimate of drug-likeness (QED) is 0.739. The largest absolute Gasteiger partial charge is 0.207 e. The van der Waals surface area contributed by atoms with Crippen LogP contribution in [0.5, 0.6) is 0 Å². The molecule has 0 saturated carbocycles. The van der Waals surface area contributed by atoms with Crippen molar-refractivity contribution < 1.29 is 4.39 Å². The Bertz CT molecular complexity index is 368. The second kappa shape index (κ2) is 3.89. The molecule has 1 atom stereocenters. The number of hydrogen-bond acceptors (Lipinski definition) is 1. The van der Waals surface area contributed by atoms with Crippen molar-refractivity contribution in [3.8, 4) is 6.07 Å². The maximum absolute atomic E-state index is 13.3. The SMILES string of the molecule is Cc1c(Br)ccc(F)c1C(C)C#N. The third-order valence-corrected chi connectivity index (χ3v) is 2.88. The molecular formula is C10H9BrFN. The molecule has 13 heavy (non-hydrogen) atoms. The Morgan fingerprint density at radius 3 is 2.69 bits per heavy atom. The first kappa shape index (κ1) is 10.2. The van der Waals surface area contributed by atoms with Gasteiger partial charge in [0.2, 0.25) is 0 Å². The lowest BCUT2D eigenvalue weighted by Gasteiger charge is -2.10. The van der Waals surface area contributed by atoms with Crippen molar-refractivity contribution in [2.45, 2.75) is 19.8 Å². The van der Waals surface area contributed by atoms with Gasteiger partial charge in [-0.25, -0.2) is 4.39 Å². The molecule has 3 heteroatoms. The van der Waals surface area contributed by atoms with E-state index in [9.17, 15) is 4.39 Å². The van der Waals surface area contributed by atoms with Crippen LogP contribution in [0, 0.1) is 24.1 Å². The van der Waals surface area contributed by atoms with Crippen molar-refractivity contribution in [2.75, 3.05) is 0 Å². The molecule has 0 aliphatic carbocycles. The Hall–Kier alpha value is -0.880. The second-order valence-corrected chi connectivity index (χ2v) is 3.77. The highest BCUT2D eigenvalue weighted by molar-refractivity contribution is 9.10. The molecule has 1 aromatic rings. The monoisotopic (exact) mass is 241 g/mol. The van der Waals surface area contributed by atoms with E-state index >= 15 is 0 Å². The molecule has 0 saturated heterocycles. The Morgan fingerprint density at radius 2 is 2.15 bits per heavy atom. The van der Waals surface area contributed by atoms with Crippen LogP contribution >= 0.6 is 15.9 Å². The van der Waals surface area contributed by atoms with E-state index in [1.54, 1.807) is 19.9 Å². The summed E-state index contributed by atoms with van der Waals surface area (Å²) >= 11 is 3.30. The molecule has 0 heterocycles. The molecule has 0 bridgehead atoms. The number of nitrogens with zero attached hydrogens (tertiary/aromatic N) is 1. The van der Waals surface area contributed by atoms with Gasteiger partial charge in [0, 0.05) is 10.0 Å². The summed E-state index contributed by atoms with van der Waals surface area (Å²) in [7, 11) is 0. The van der Waals surface area contributed by atoms with Crippen LogP contribution in [-0.2, 0) is 0 Å². The Morgan fingerprint density at radius 1 is 1.54 bits per heavy atom. The van der Waals surface area contributed by atoms with Gasteiger partial charge in [0.25, 0.3) is 0 Å². The van der Waals surface area contributed by atoms with Crippen LogP contribution in [0.1, 0.15) is 24.0 Å². The topological polar surface area (TPSA) is 23.8 Å². The van der Waals surface area contributed by atoms with Crippen LogP contribution in [-0.4, -0.2) is 0 Å². The fraction of sp³-hybridized carbons (Fsp3) is 0.300. The maximum atomic E-state index is 13.3. The average molecular weight is 242 g/mol. The average Bonchev–Trinajstić information content (AvgIpc) is 2.12. The van der Waals surface area contributed by atoms with Gasteiger partial charge in [-0.15, -0.1) is 0 Å². The van der Waals surface area contributed by atoms with E-state index in [4.69, 9.17) is 5.26 Å². The number of benzene rings is 1. The lowest BCUT2D eigenvalue weighted by molar-refractivity contribution is 0.603. The highest BCUT2D eigenvalue weighted by Gasteiger charge is 2.14. The molecule has 1 rings (SSSR count). The van der Waals surface area contributed by atoms with Crippen LogP contribution in [0.3, 0.4) is 0 Å². The Kier molecular flexibility index (Phi) is 3.05. The van der Waals surface area contributed by atoms with Gasteiger partial charge in [-0.2, -0.15) is 5.26 Å². The van der Waals surface area contributed by atoms with Crippen molar-refractivity contribution >= 4 is 15.9 Å². The van der Waals surface area contributed by atoms with Crippen LogP contribution in [0.15, 0.2) is 16.6 Å². The van der Waals surface area contributed by atoms with Crippen molar-refractivity contribution in [3.63, 3.8) is 0 Å². The van der Waals surface area contributed by atoms with Gasteiger partial charge in [0.05, 0.1) is 12.0 Å². The summed E-state index contributed by atoms with van der Waals surface area (Å²) in [5.74, 6) is -0.716. The summed E-state index contributed by atoms with van der Waals surface area (Å²) in [6, 6.07) is 5.06. The smallest absolute Gasteiger partial charge is 0.128 e. The zero-order valence-electron chi connectivity index (χ0n) is 7.44. The zero-order valence-corrected chi connectivity index (χ0v) is 9.02. The van der Waals surface area contributed by atoms with E-state index in [0.29, 0.717) is 5.56 Å². The molecule has 1 aromatic carbocycles. The Labute approximate surface area is 85.3 Å². The van der Waals surface area contributed by atoms with E-state index in [0.717, 1.165) is 10.0 Å². The first-order chi connectivity index (χ1) is 6.07. The van der Waals surface area contributed by atoms with Gasteiger partial charge in [0.1, 0.15) is 5.82 Å². The third kappa shape index (κ3) is 1.89. The van der Waals surface area contributed by atoms with Crippen molar-refractivity contribution in [2.24, 2.45) is 0 Å². The van der Waals surface area contributed by atoms with Crippen LogP contribution in [0.25, 0.3) is 0 Å². The molecule has 0 aromatic heterocycles. The molecule has 1 unspecified atom stereocenters. The van der Waals surface area contributed by atoms with E-state index < -0.39 is 5.92 Å². The van der Waals surface area contributed by atoms with Gasteiger partial charge < -0.3 is 0 Å². The molecule has 0 fully saturated rings. The van der Waals surface area contributed by atoms with Gasteiger partial charge in [0.15, 0.2) is 0 Å². The van der Waals surface area contributed by atoms with E-state index in [-0.39, 0.29) is 5.82 Å². The van der Waals surface area contributed by atoms with Crippen molar-refractivity contribution in [3.05, 3.63) is 33.5 Å². The molecule has 0 aliphatic heterocycles. The lowest BCUT2D eigenvalue weighted by Crippen LogP contribution is -1.98. The lowest BCUT2D eigenvalue weighted by atomic mass is 9.97. The number of rotatable bonds is 1. The summed E-state index contributed by atoms with van der Waals surface area (Å²) in [4.78, 5) is 0. The minimum absolute atomic E-state index is 0.310. The summed E-state index contributed by atoms with van der Waals surface area (Å²) < 4.78 is 14.1. The molecule has 0 amide bonds. The molecule has 0 spiro atoms. The zero-order chi connectivity index (χ0) is 10.0. The third-order valence-electron chi connectivity index (χ3n) is 2.02. The van der Waals surface area contributed by atoms with Gasteiger partial charge in [-0.3, -0.25) is 0 Å². The van der Waals surface area contributed by atoms with Gasteiger partial charge >= 0.3 is 0 Å². The van der Waals surface area contributed by atoms with Crippen LogP contribution < -0.4 is 0 Å². The Balaban J connectivity index is 3.35. The fourth-order valence-electron chi connectivity index (χ4n) is 1.27. The second-order valence-electron chi connectivity index (χ2n) is 2.92. The predicted molar refractivity (Wildman–Crippen MR) is 52.9 cm³/mol. The number of halogens is 2. The molecule has 1 nitrogen and oxygen atoms in total. The molecule has 0 aliphatic rings. The van der Waals surface area contributed by atoms with Crippen molar-refractivity contribution in [1.82, 2.24) is 0 Å². The normalized spacial score (nSPS) is 12.2. The summed E-state index contributed by atoms with van der Waals surface area (Å²) in [5.41, 5.74) is 1.28. The molecule has 0 N–H and O–H groups in total. The minimum atomic E-state index is -0.405. The van der Waals surface area contributed by atoms with E-state index in [2.05, 4.69) is 15.9 Å². The summed E-state index contributed by atoms with van der Waals surface area (Å²) in [6.45, 7) is 3.49. The number of hydrogen-bond donors (Lipinski definition) is 0. The fourth-order valence-corrected chi connectivity index (χ4v) is 1.61.